The Labute approximate surface area is 199 Å². The van der Waals surface area contributed by atoms with Crippen molar-refractivity contribution in [3.8, 4) is 17.6 Å². The van der Waals surface area contributed by atoms with Crippen molar-refractivity contribution in [2.75, 3.05) is 70.0 Å². The molecule has 2 fully saturated rings. The SMILES string of the molecule is COc1cc2c(C#N)cnc(N3CCNC(c4ccc(N5CCOCC5)cc4)C3)c2cc1OC. The molecule has 1 unspecified atom stereocenters. The van der Waals surface area contributed by atoms with E-state index in [0.29, 0.717) is 17.1 Å². The van der Waals surface area contributed by atoms with E-state index in [-0.39, 0.29) is 6.04 Å². The summed E-state index contributed by atoms with van der Waals surface area (Å²) in [7, 11) is 3.22. The fraction of sp³-hybridized carbons (Fsp3) is 0.385. The predicted octanol–water partition coefficient (Wildman–Crippen LogP) is 3.11. The Morgan fingerprint density at radius 3 is 2.38 bits per heavy atom. The number of hydrogen-bond acceptors (Lipinski definition) is 8. The van der Waals surface area contributed by atoms with Gasteiger partial charge in [-0.3, -0.25) is 0 Å². The van der Waals surface area contributed by atoms with Gasteiger partial charge in [0, 0.05) is 61.4 Å². The summed E-state index contributed by atoms with van der Waals surface area (Å²) < 4.78 is 16.5. The lowest BCUT2D eigenvalue weighted by atomic mass is 10.0. The standard InChI is InChI=1S/C26H29N5O3/c1-32-24-13-21-19(15-27)16-29-26(22(21)14-25(24)33-2)31-8-7-28-23(17-31)18-3-5-20(6-4-18)30-9-11-34-12-10-30/h3-6,13-14,16,23,28H,7-12,17H2,1-2H3. The number of aromatic nitrogens is 1. The maximum Gasteiger partial charge on any atom is 0.161 e. The number of pyridine rings is 1. The van der Waals surface area contributed by atoms with Gasteiger partial charge in [0.25, 0.3) is 0 Å². The van der Waals surface area contributed by atoms with Crippen LogP contribution in [-0.2, 0) is 4.74 Å². The van der Waals surface area contributed by atoms with Crippen molar-refractivity contribution < 1.29 is 14.2 Å². The molecule has 8 heteroatoms. The van der Waals surface area contributed by atoms with Gasteiger partial charge >= 0.3 is 0 Å². The highest BCUT2D eigenvalue weighted by atomic mass is 16.5. The van der Waals surface area contributed by atoms with E-state index in [1.54, 1.807) is 20.4 Å². The van der Waals surface area contributed by atoms with Crippen LogP contribution in [0, 0.1) is 11.3 Å². The van der Waals surface area contributed by atoms with Crippen molar-refractivity contribution in [1.82, 2.24) is 10.3 Å². The first-order valence-corrected chi connectivity index (χ1v) is 11.6. The normalized spacial score (nSPS) is 18.6. The van der Waals surface area contributed by atoms with Gasteiger partial charge in [-0.15, -0.1) is 0 Å². The minimum atomic E-state index is 0.181. The summed E-state index contributed by atoms with van der Waals surface area (Å²) in [5.41, 5.74) is 3.00. The van der Waals surface area contributed by atoms with Gasteiger partial charge in [-0.1, -0.05) is 12.1 Å². The Bertz CT molecular complexity index is 1200. The molecule has 5 rings (SSSR count). The van der Waals surface area contributed by atoms with Crippen LogP contribution in [0.5, 0.6) is 11.5 Å². The third-order valence-corrected chi connectivity index (χ3v) is 6.64. The quantitative estimate of drug-likeness (QED) is 0.623. The van der Waals surface area contributed by atoms with Crippen LogP contribution in [0.15, 0.2) is 42.6 Å². The molecule has 0 amide bonds. The second-order valence-electron chi connectivity index (χ2n) is 8.50. The summed E-state index contributed by atoms with van der Waals surface area (Å²) in [6.07, 6.45) is 1.65. The van der Waals surface area contributed by atoms with Crippen LogP contribution in [-0.4, -0.2) is 65.1 Å². The van der Waals surface area contributed by atoms with E-state index >= 15 is 0 Å². The molecule has 0 aliphatic carbocycles. The summed E-state index contributed by atoms with van der Waals surface area (Å²) >= 11 is 0. The zero-order valence-corrected chi connectivity index (χ0v) is 19.6. The van der Waals surface area contributed by atoms with E-state index < -0.39 is 0 Å². The monoisotopic (exact) mass is 459 g/mol. The van der Waals surface area contributed by atoms with E-state index in [1.165, 1.54) is 11.3 Å². The molecule has 1 aromatic heterocycles. The van der Waals surface area contributed by atoms with Crippen LogP contribution in [0.1, 0.15) is 17.2 Å². The highest BCUT2D eigenvalue weighted by Gasteiger charge is 2.25. The molecule has 2 aliphatic rings. The average molecular weight is 460 g/mol. The van der Waals surface area contributed by atoms with E-state index in [9.17, 15) is 5.26 Å². The van der Waals surface area contributed by atoms with Crippen molar-refractivity contribution >= 4 is 22.3 Å². The number of anilines is 2. The van der Waals surface area contributed by atoms with Gasteiger partial charge in [-0.05, 0) is 29.8 Å². The van der Waals surface area contributed by atoms with Crippen LogP contribution in [0.4, 0.5) is 11.5 Å². The van der Waals surface area contributed by atoms with Crippen molar-refractivity contribution in [1.29, 1.82) is 5.26 Å². The Morgan fingerprint density at radius 2 is 1.71 bits per heavy atom. The van der Waals surface area contributed by atoms with Gasteiger partial charge in [0.15, 0.2) is 11.5 Å². The molecule has 2 aliphatic heterocycles. The van der Waals surface area contributed by atoms with E-state index in [2.05, 4.69) is 45.5 Å². The molecule has 0 bridgehead atoms. The molecule has 3 heterocycles. The largest absolute Gasteiger partial charge is 0.493 e. The summed E-state index contributed by atoms with van der Waals surface area (Å²) in [6, 6.07) is 15.0. The molecule has 0 radical (unpaired) electrons. The lowest BCUT2D eigenvalue weighted by molar-refractivity contribution is 0.122. The van der Waals surface area contributed by atoms with Crippen LogP contribution in [0.25, 0.3) is 10.8 Å². The molecule has 34 heavy (non-hydrogen) atoms. The number of piperazine rings is 1. The van der Waals surface area contributed by atoms with Crippen molar-refractivity contribution in [3.05, 3.63) is 53.7 Å². The molecule has 0 saturated carbocycles. The maximum absolute atomic E-state index is 9.64. The molecule has 8 nitrogen and oxygen atoms in total. The van der Waals surface area contributed by atoms with Crippen molar-refractivity contribution in [2.24, 2.45) is 0 Å². The lowest BCUT2D eigenvalue weighted by Crippen LogP contribution is -2.46. The molecular weight excluding hydrogens is 430 g/mol. The minimum Gasteiger partial charge on any atom is -0.493 e. The van der Waals surface area contributed by atoms with Gasteiger partial charge in [-0.2, -0.15) is 5.26 Å². The third kappa shape index (κ3) is 4.20. The number of nitrogens with one attached hydrogen (secondary N) is 1. The lowest BCUT2D eigenvalue weighted by Gasteiger charge is -2.36. The topological polar surface area (TPSA) is 82.9 Å². The Morgan fingerprint density at radius 1 is 1.00 bits per heavy atom. The van der Waals surface area contributed by atoms with Crippen LogP contribution in [0.2, 0.25) is 0 Å². The van der Waals surface area contributed by atoms with Gasteiger partial charge in [0.2, 0.25) is 0 Å². The summed E-state index contributed by atoms with van der Waals surface area (Å²) in [5, 5.41) is 15.0. The molecular formula is C26H29N5O3. The van der Waals surface area contributed by atoms with E-state index in [4.69, 9.17) is 19.2 Å². The fourth-order valence-corrected chi connectivity index (χ4v) is 4.80. The number of methoxy groups -OCH3 is 2. The van der Waals surface area contributed by atoms with E-state index in [0.717, 1.165) is 62.5 Å². The Hall–Kier alpha value is -3.54. The first kappa shape index (κ1) is 22.3. The highest BCUT2D eigenvalue weighted by Crippen LogP contribution is 2.38. The average Bonchev–Trinajstić information content (AvgIpc) is 2.92. The summed E-state index contributed by atoms with van der Waals surface area (Å²) in [4.78, 5) is 9.34. The zero-order valence-electron chi connectivity index (χ0n) is 19.6. The van der Waals surface area contributed by atoms with Crippen LogP contribution in [0.3, 0.4) is 0 Å². The summed E-state index contributed by atoms with van der Waals surface area (Å²) in [6.45, 7) is 5.86. The molecule has 1 N–H and O–H groups in total. The number of nitriles is 1. The van der Waals surface area contributed by atoms with Gasteiger partial charge in [-0.25, -0.2) is 4.98 Å². The number of nitrogens with zero attached hydrogens (tertiary/aromatic N) is 4. The van der Waals surface area contributed by atoms with Crippen molar-refractivity contribution in [3.63, 3.8) is 0 Å². The maximum atomic E-state index is 9.64. The molecule has 1 atom stereocenters. The van der Waals surface area contributed by atoms with Gasteiger partial charge in [0.1, 0.15) is 11.9 Å². The second-order valence-corrected chi connectivity index (χ2v) is 8.50. The number of ether oxygens (including phenoxy) is 3. The van der Waals surface area contributed by atoms with Gasteiger partial charge in [0.05, 0.1) is 33.0 Å². The number of benzene rings is 2. The highest BCUT2D eigenvalue weighted by molar-refractivity contribution is 5.98. The van der Waals surface area contributed by atoms with Crippen molar-refractivity contribution in [2.45, 2.75) is 6.04 Å². The zero-order chi connectivity index (χ0) is 23.5. The first-order chi connectivity index (χ1) is 16.7. The smallest absolute Gasteiger partial charge is 0.161 e. The molecule has 0 spiro atoms. The van der Waals surface area contributed by atoms with E-state index in [1.807, 2.05) is 12.1 Å². The predicted molar refractivity (Wildman–Crippen MR) is 132 cm³/mol. The fourth-order valence-electron chi connectivity index (χ4n) is 4.80. The Balaban J connectivity index is 1.43. The number of rotatable bonds is 5. The summed E-state index contributed by atoms with van der Waals surface area (Å²) in [5.74, 6) is 2.08. The number of hydrogen-bond donors (Lipinski definition) is 1. The Kier molecular flexibility index (Phi) is 6.39. The number of fused-ring (bicyclic) bond motifs is 1. The third-order valence-electron chi connectivity index (χ3n) is 6.64. The van der Waals surface area contributed by atoms with Crippen LogP contribution < -0.4 is 24.6 Å². The van der Waals surface area contributed by atoms with Crippen LogP contribution >= 0.6 is 0 Å². The number of morpholine rings is 1. The molecule has 2 saturated heterocycles. The first-order valence-electron chi connectivity index (χ1n) is 11.6. The minimum absolute atomic E-state index is 0.181. The molecule has 3 aromatic rings. The molecule has 2 aromatic carbocycles. The molecule has 176 valence electrons. The van der Waals surface area contributed by atoms with Gasteiger partial charge < -0.3 is 29.3 Å². The second kappa shape index (κ2) is 9.75.